The number of aliphatic imine (C=N–C) groups is 1. The zero-order chi connectivity index (χ0) is 33.3. The Morgan fingerprint density at radius 2 is 1.04 bits per heavy atom. The Hall–Kier alpha value is -7.00. The van der Waals surface area contributed by atoms with Gasteiger partial charge in [0.05, 0.1) is 46.9 Å². The molecule has 0 amide bonds. The van der Waals surface area contributed by atoms with Gasteiger partial charge in [-0.15, -0.1) is 0 Å². The molecule has 0 aliphatic carbocycles. The maximum Gasteiger partial charge on any atom is 0.0988 e. The summed E-state index contributed by atoms with van der Waals surface area (Å²) in [4.78, 5) is 37.8. The zero-order valence-electron chi connectivity index (χ0n) is 26.6. The summed E-state index contributed by atoms with van der Waals surface area (Å²) in [5, 5.41) is 7.73. The van der Waals surface area contributed by atoms with Crippen molar-refractivity contribution < 1.29 is 0 Å². The predicted molar refractivity (Wildman–Crippen MR) is 197 cm³/mol. The molecule has 0 radical (unpaired) electrons. The first-order valence-electron chi connectivity index (χ1n) is 16.2. The number of rotatable bonds is 6. The molecule has 8 aromatic rings. The first-order valence-corrected chi connectivity index (χ1v) is 16.2. The minimum absolute atomic E-state index is 0.506. The van der Waals surface area contributed by atoms with Crippen molar-refractivity contribution in [1.29, 1.82) is 0 Å². The molecule has 0 spiro atoms. The molecule has 9 heteroatoms. The van der Waals surface area contributed by atoms with Crippen LogP contribution in [0, 0.1) is 0 Å². The van der Waals surface area contributed by atoms with Crippen molar-refractivity contribution in [2.24, 2.45) is 4.99 Å². The second kappa shape index (κ2) is 12.6. The van der Waals surface area contributed by atoms with Crippen molar-refractivity contribution in [3.05, 3.63) is 164 Å². The quantitative estimate of drug-likeness (QED) is 0.183. The van der Waals surface area contributed by atoms with E-state index in [9.17, 15) is 0 Å². The van der Waals surface area contributed by atoms with E-state index in [-0.39, 0.29) is 0 Å². The lowest BCUT2D eigenvalue weighted by molar-refractivity contribution is 1.02. The molecule has 9 rings (SSSR count). The van der Waals surface area contributed by atoms with E-state index in [4.69, 9.17) is 15.0 Å². The van der Waals surface area contributed by atoms with E-state index in [1.54, 1.807) is 24.8 Å². The summed E-state index contributed by atoms with van der Waals surface area (Å²) in [5.41, 5.74) is 10.4. The molecule has 1 aliphatic rings. The number of fused-ring (bicyclic) bond motifs is 2. The van der Waals surface area contributed by atoms with Gasteiger partial charge in [0.25, 0.3) is 0 Å². The third-order valence-corrected chi connectivity index (χ3v) is 8.81. The van der Waals surface area contributed by atoms with Crippen molar-refractivity contribution in [2.45, 2.75) is 0 Å². The molecule has 9 nitrogen and oxygen atoms in total. The molecular weight excluding hydrogens is 619 g/mol. The van der Waals surface area contributed by atoms with Gasteiger partial charge < -0.3 is 5.32 Å². The van der Waals surface area contributed by atoms with Crippen LogP contribution in [0.15, 0.2) is 152 Å². The van der Waals surface area contributed by atoms with Crippen LogP contribution in [-0.4, -0.2) is 47.1 Å². The van der Waals surface area contributed by atoms with Gasteiger partial charge in [-0.1, -0.05) is 24.3 Å². The summed E-state index contributed by atoms with van der Waals surface area (Å²) in [6.07, 6.45) is 20.0. The van der Waals surface area contributed by atoms with Crippen molar-refractivity contribution in [3.8, 4) is 33.8 Å². The lowest BCUT2D eigenvalue weighted by Gasteiger charge is -2.24. The molecule has 0 saturated heterocycles. The Bertz CT molecular complexity index is 2520. The normalized spacial score (nSPS) is 12.9. The Morgan fingerprint density at radius 3 is 1.70 bits per heavy atom. The minimum Gasteiger partial charge on any atom is -0.377 e. The highest BCUT2D eigenvalue weighted by atomic mass is 15.0. The van der Waals surface area contributed by atoms with Gasteiger partial charge in [-0.25, -0.2) is 9.98 Å². The third kappa shape index (κ3) is 5.14. The number of aromatic nitrogens is 7. The Balaban J connectivity index is 1.29. The number of nitrogens with one attached hydrogen (secondary N) is 1. The smallest absolute Gasteiger partial charge is 0.0988 e. The number of nitrogens with zero attached hydrogens (tertiary/aromatic N) is 8. The van der Waals surface area contributed by atoms with E-state index in [1.165, 1.54) is 0 Å². The molecule has 50 heavy (non-hydrogen) atoms. The zero-order valence-corrected chi connectivity index (χ0v) is 26.6. The van der Waals surface area contributed by atoms with Crippen LogP contribution in [0.1, 0.15) is 16.7 Å². The average molecular weight is 646 g/mol. The van der Waals surface area contributed by atoms with Crippen molar-refractivity contribution in [3.63, 3.8) is 0 Å². The van der Waals surface area contributed by atoms with Crippen LogP contribution < -0.4 is 5.32 Å². The van der Waals surface area contributed by atoms with E-state index in [2.05, 4.69) is 60.6 Å². The Labute approximate surface area is 287 Å². The summed E-state index contributed by atoms with van der Waals surface area (Å²) in [6, 6.07) is 26.2. The molecule has 0 unspecified atom stereocenters. The van der Waals surface area contributed by atoms with Gasteiger partial charge in [0.2, 0.25) is 0 Å². The summed E-state index contributed by atoms with van der Waals surface area (Å²) in [6.45, 7) is 0.506. The number of hydrogen-bond acceptors (Lipinski definition) is 9. The highest BCUT2D eigenvalue weighted by Crippen LogP contribution is 2.41. The SMILES string of the molecule is c1cncc(C2=C(c3cccnc3)NCC(c3c4ccccc4c(-c4cnc(-c5cccnc5)c(-c5cccnc5)n4)c4ccncc34)=N2)c1. The second-order valence-corrected chi connectivity index (χ2v) is 11.8. The Kier molecular flexibility index (Phi) is 7.32. The van der Waals surface area contributed by atoms with E-state index in [0.717, 1.165) is 89.1 Å². The lowest BCUT2D eigenvalue weighted by atomic mass is 9.88. The fraction of sp³-hybridized carbons (Fsp3) is 0.0244. The first-order chi connectivity index (χ1) is 24.8. The molecule has 2 aromatic carbocycles. The van der Waals surface area contributed by atoms with Gasteiger partial charge in [0.15, 0.2) is 0 Å². The summed E-state index contributed by atoms with van der Waals surface area (Å²) in [7, 11) is 0. The first kappa shape index (κ1) is 29.2. The van der Waals surface area contributed by atoms with Gasteiger partial charge in [-0.2, -0.15) is 0 Å². The van der Waals surface area contributed by atoms with Gasteiger partial charge in [-0.3, -0.25) is 29.9 Å². The van der Waals surface area contributed by atoms with Gasteiger partial charge in [0, 0.05) is 101 Å². The van der Waals surface area contributed by atoms with Crippen LogP contribution in [0.3, 0.4) is 0 Å². The molecule has 1 N–H and O–H groups in total. The molecule has 0 fully saturated rings. The van der Waals surface area contributed by atoms with Gasteiger partial charge in [0.1, 0.15) is 0 Å². The highest BCUT2D eigenvalue weighted by molar-refractivity contribution is 6.27. The maximum atomic E-state index is 5.38. The molecular formula is C41H27N9. The van der Waals surface area contributed by atoms with Gasteiger partial charge in [-0.05, 0) is 70.8 Å². The maximum absolute atomic E-state index is 5.38. The number of benzene rings is 2. The van der Waals surface area contributed by atoms with Crippen molar-refractivity contribution in [1.82, 2.24) is 40.2 Å². The molecule has 7 heterocycles. The van der Waals surface area contributed by atoms with Crippen LogP contribution in [0.2, 0.25) is 0 Å². The predicted octanol–water partition coefficient (Wildman–Crippen LogP) is 7.68. The van der Waals surface area contributed by atoms with E-state index < -0.39 is 0 Å². The average Bonchev–Trinajstić information content (AvgIpc) is 3.21. The molecule has 0 atom stereocenters. The lowest BCUT2D eigenvalue weighted by Crippen LogP contribution is -2.28. The number of hydrogen-bond donors (Lipinski definition) is 1. The highest BCUT2D eigenvalue weighted by Gasteiger charge is 2.25. The fourth-order valence-electron chi connectivity index (χ4n) is 6.63. The standard InChI is InChI=1S/C41H27N9/c1-2-12-31-30(11-1)36(34-24-47-38(26-7-3-14-42-19-26)40(49-34)28-9-5-16-44-21-28)32-13-18-46-23-33(32)37(31)35-25-48-39(27-8-4-15-43-20-27)41(50-35)29-10-6-17-45-22-29/h1-24,48H,25H2. The van der Waals surface area contributed by atoms with E-state index >= 15 is 0 Å². The molecule has 236 valence electrons. The summed E-state index contributed by atoms with van der Waals surface area (Å²) >= 11 is 0. The number of pyridine rings is 5. The third-order valence-electron chi connectivity index (χ3n) is 8.81. The fourth-order valence-corrected chi connectivity index (χ4v) is 6.63. The van der Waals surface area contributed by atoms with Crippen LogP contribution >= 0.6 is 0 Å². The van der Waals surface area contributed by atoms with Crippen molar-refractivity contribution in [2.75, 3.05) is 6.54 Å². The van der Waals surface area contributed by atoms with E-state index in [0.29, 0.717) is 6.54 Å². The molecule has 0 bridgehead atoms. The van der Waals surface area contributed by atoms with Crippen LogP contribution in [0.5, 0.6) is 0 Å². The molecule has 6 aromatic heterocycles. The molecule has 0 saturated carbocycles. The Morgan fingerprint density at radius 1 is 0.460 bits per heavy atom. The second-order valence-electron chi connectivity index (χ2n) is 11.8. The largest absolute Gasteiger partial charge is 0.377 e. The van der Waals surface area contributed by atoms with Crippen LogP contribution in [0.4, 0.5) is 0 Å². The minimum atomic E-state index is 0.506. The molecule has 1 aliphatic heterocycles. The van der Waals surface area contributed by atoms with Crippen molar-refractivity contribution >= 4 is 38.7 Å². The summed E-state index contributed by atoms with van der Waals surface area (Å²) < 4.78 is 0. The van der Waals surface area contributed by atoms with Crippen LogP contribution in [-0.2, 0) is 0 Å². The summed E-state index contributed by atoms with van der Waals surface area (Å²) in [5.74, 6) is 0. The van der Waals surface area contributed by atoms with Gasteiger partial charge >= 0.3 is 0 Å². The monoisotopic (exact) mass is 645 g/mol. The topological polar surface area (TPSA) is 115 Å². The van der Waals surface area contributed by atoms with Crippen LogP contribution in [0.25, 0.3) is 66.7 Å². The van der Waals surface area contributed by atoms with E-state index in [1.807, 2.05) is 91.9 Å².